The summed E-state index contributed by atoms with van der Waals surface area (Å²) in [4.78, 5) is 0. The van der Waals surface area contributed by atoms with Crippen LogP contribution in [-0.4, -0.2) is 101 Å². The summed E-state index contributed by atoms with van der Waals surface area (Å²) in [6, 6.07) is 0. The molecule has 0 saturated carbocycles. The molecule has 0 rings (SSSR count). The van der Waals surface area contributed by atoms with E-state index < -0.39 is 0 Å². The van der Waals surface area contributed by atoms with Crippen LogP contribution in [0.2, 0.25) is 0 Å². The van der Waals surface area contributed by atoms with Crippen molar-refractivity contribution in [1.29, 1.82) is 0 Å². The molecule has 96 valence electrons. The number of aliphatic hydroxyl groups is 2. The average molecular weight is 264 g/mol. The van der Waals surface area contributed by atoms with Gasteiger partial charge in [-0.25, -0.2) is 0 Å². The quantitative estimate of drug-likeness (QED) is 0.372. The average Bonchev–Trinajstić information content (AvgIpc) is 2.26. The van der Waals surface area contributed by atoms with Gasteiger partial charge >= 0.3 is 37.7 Å². The third-order valence-electron chi connectivity index (χ3n) is 1.63. The van der Waals surface area contributed by atoms with Gasteiger partial charge in [0.1, 0.15) is 0 Å². The van der Waals surface area contributed by atoms with E-state index in [1.165, 1.54) is 0 Å². The molecule has 0 aromatic carbocycles. The van der Waals surface area contributed by atoms with Crippen molar-refractivity contribution in [3.05, 3.63) is 0 Å². The standard InChI is InChI=1S/C10H22O5.Ca.2H/c11-3-9-14-7-1-5-13-6-2-8-15-10-4-12;;;/h11-12H,1-10H2;;;/q;+2;2*-1. The molecule has 6 heteroatoms. The molecule has 0 heterocycles. The first-order chi connectivity index (χ1) is 7.41. The van der Waals surface area contributed by atoms with Crippen LogP contribution >= 0.6 is 0 Å². The second-order valence-electron chi connectivity index (χ2n) is 2.99. The number of aliphatic hydroxyl groups excluding tert-OH is 2. The van der Waals surface area contributed by atoms with Crippen molar-refractivity contribution in [2.75, 3.05) is 52.9 Å². The van der Waals surface area contributed by atoms with Gasteiger partial charge in [0.25, 0.3) is 0 Å². The van der Waals surface area contributed by atoms with Crippen LogP contribution in [0, 0.1) is 0 Å². The monoisotopic (exact) mass is 264 g/mol. The largest absolute Gasteiger partial charge is 2.00 e. The normalized spacial score (nSPS) is 10.1. The molecular formula is C10H24CaO5. The van der Waals surface area contributed by atoms with E-state index in [0.717, 1.165) is 12.8 Å². The zero-order chi connectivity index (χ0) is 11.2. The molecule has 16 heavy (non-hydrogen) atoms. The van der Waals surface area contributed by atoms with Crippen LogP contribution in [-0.2, 0) is 14.2 Å². The van der Waals surface area contributed by atoms with Crippen LogP contribution < -0.4 is 0 Å². The minimum atomic E-state index is 0. The summed E-state index contributed by atoms with van der Waals surface area (Å²) < 4.78 is 15.4. The summed E-state index contributed by atoms with van der Waals surface area (Å²) in [7, 11) is 0. The molecule has 0 amide bonds. The Balaban J connectivity index is -0.000000327. The van der Waals surface area contributed by atoms with Gasteiger partial charge in [-0.05, 0) is 12.8 Å². The maximum Gasteiger partial charge on any atom is 2.00 e. The van der Waals surface area contributed by atoms with E-state index in [1.807, 2.05) is 0 Å². The molecule has 0 saturated heterocycles. The van der Waals surface area contributed by atoms with Gasteiger partial charge in [0.2, 0.25) is 0 Å². The second kappa shape index (κ2) is 18.4. The van der Waals surface area contributed by atoms with Gasteiger partial charge in [-0.15, -0.1) is 0 Å². The van der Waals surface area contributed by atoms with Gasteiger partial charge in [-0.2, -0.15) is 0 Å². The Morgan fingerprint density at radius 2 is 0.938 bits per heavy atom. The third-order valence-corrected chi connectivity index (χ3v) is 1.63. The Hall–Kier alpha value is 1.06. The number of ether oxygens (including phenoxy) is 3. The molecule has 0 aromatic heterocycles. The van der Waals surface area contributed by atoms with E-state index in [2.05, 4.69) is 0 Å². The maximum atomic E-state index is 8.42. The number of hydrogen-bond acceptors (Lipinski definition) is 5. The molecule has 2 N–H and O–H groups in total. The molecular weight excluding hydrogens is 240 g/mol. The van der Waals surface area contributed by atoms with Crippen molar-refractivity contribution in [3.8, 4) is 0 Å². The summed E-state index contributed by atoms with van der Waals surface area (Å²) in [6.45, 7) is 3.54. The summed E-state index contributed by atoms with van der Waals surface area (Å²) in [5, 5.41) is 16.8. The molecule has 0 fully saturated rings. The molecule has 0 radical (unpaired) electrons. The third kappa shape index (κ3) is 17.5. The fraction of sp³-hybridized carbons (Fsp3) is 1.00. The zero-order valence-corrected chi connectivity index (χ0v) is 12.1. The van der Waals surface area contributed by atoms with Crippen LogP contribution in [0.5, 0.6) is 0 Å². The first-order valence-electron chi connectivity index (χ1n) is 5.36. The predicted octanol–water partition coefficient (Wildman–Crippen LogP) is -0.355. The molecule has 0 atom stereocenters. The fourth-order valence-electron chi connectivity index (χ4n) is 0.961. The Bertz CT molecular complexity index is 112. The smallest absolute Gasteiger partial charge is 1.00 e. The predicted molar refractivity (Wildman–Crippen MR) is 63.8 cm³/mol. The maximum absolute atomic E-state index is 8.42. The van der Waals surface area contributed by atoms with E-state index >= 15 is 0 Å². The van der Waals surface area contributed by atoms with Crippen LogP contribution in [0.25, 0.3) is 0 Å². The van der Waals surface area contributed by atoms with Crippen molar-refractivity contribution in [1.82, 2.24) is 0 Å². The fourth-order valence-corrected chi connectivity index (χ4v) is 0.961. The van der Waals surface area contributed by atoms with Crippen molar-refractivity contribution in [2.45, 2.75) is 12.8 Å². The van der Waals surface area contributed by atoms with Gasteiger partial charge in [0.05, 0.1) is 26.4 Å². The summed E-state index contributed by atoms with van der Waals surface area (Å²) >= 11 is 0. The van der Waals surface area contributed by atoms with Crippen LogP contribution in [0.3, 0.4) is 0 Å². The second-order valence-corrected chi connectivity index (χ2v) is 2.99. The number of rotatable bonds is 12. The van der Waals surface area contributed by atoms with E-state index in [-0.39, 0.29) is 53.8 Å². The Labute approximate surface area is 130 Å². The van der Waals surface area contributed by atoms with Gasteiger partial charge < -0.3 is 27.3 Å². The SMILES string of the molecule is OCCOCCCOCCCOCCO.[Ca+2].[H-].[H-]. The molecule has 0 bridgehead atoms. The molecule has 0 spiro atoms. The van der Waals surface area contributed by atoms with Crippen LogP contribution in [0.4, 0.5) is 0 Å². The number of hydrogen-bond donors (Lipinski definition) is 2. The van der Waals surface area contributed by atoms with Crippen molar-refractivity contribution in [2.24, 2.45) is 0 Å². The summed E-state index contributed by atoms with van der Waals surface area (Å²) in [6.07, 6.45) is 1.69. The minimum Gasteiger partial charge on any atom is -1.00 e. The molecule has 0 aliphatic carbocycles. The van der Waals surface area contributed by atoms with Gasteiger partial charge in [0.15, 0.2) is 0 Å². The van der Waals surface area contributed by atoms with Crippen molar-refractivity contribution >= 4 is 37.7 Å². The van der Waals surface area contributed by atoms with E-state index in [4.69, 9.17) is 24.4 Å². The van der Waals surface area contributed by atoms with E-state index in [1.54, 1.807) is 0 Å². The Kier molecular flexibility index (Phi) is 22.3. The Morgan fingerprint density at radius 1 is 0.625 bits per heavy atom. The first kappa shape index (κ1) is 19.4. The molecule has 0 unspecified atom stereocenters. The summed E-state index contributed by atoms with van der Waals surface area (Å²) in [5.74, 6) is 0. The molecule has 5 nitrogen and oxygen atoms in total. The van der Waals surface area contributed by atoms with E-state index in [0.29, 0.717) is 39.6 Å². The topological polar surface area (TPSA) is 68.2 Å². The van der Waals surface area contributed by atoms with Crippen molar-refractivity contribution < 1.29 is 27.3 Å². The van der Waals surface area contributed by atoms with Crippen LogP contribution in [0.1, 0.15) is 15.7 Å². The summed E-state index contributed by atoms with van der Waals surface area (Å²) in [5.41, 5.74) is 0. The van der Waals surface area contributed by atoms with Gasteiger partial charge in [0, 0.05) is 26.4 Å². The zero-order valence-electron chi connectivity index (χ0n) is 11.9. The van der Waals surface area contributed by atoms with Gasteiger partial charge in [-0.1, -0.05) is 0 Å². The molecule has 0 aliphatic rings. The molecule has 0 aliphatic heterocycles. The molecule has 0 aromatic rings. The van der Waals surface area contributed by atoms with E-state index in [9.17, 15) is 0 Å². The van der Waals surface area contributed by atoms with Crippen molar-refractivity contribution in [3.63, 3.8) is 0 Å². The van der Waals surface area contributed by atoms with Gasteiger partial charge in [-0.3, -0.25) is 0 Å². The van der Waals surface area contributed by atoms with Crippen LogP contribution in [0.15, 0.2) is 0 Å². The Morgan fingerprint density at radius 3 is 1.25 bits per heavy atom. The first-order valence-corrected chi connectivity index (χ1v) is 5.36. The minimum absolute atomic E-state index is 0.